The molecular weight excluding hydrogens is 275 g/mol. The molecule has 1 rings (SSSR count). The van der Waals surface area contributed by atoms with E-state index in [0.717, 1.165) is 0 Å². The molecule has 7 heteroatoms. The molecule has 1 heterocycles. The van der Waals surface area contributed by atoms with E-state index < -0.39 is 31.3 Å². The molecule has 1 aliphatic rings. The van der Waals surface area contributed by atoms with Gasteiger partial charge in [-0.15, -0.1) is 0 Å². The van der Waals surface area contributed by atoms with E-state index in [1.165, 1.54) is 0 Å². The van der Waals surface area contributed by atoms with Crippen LogP contribution in [0.5, 0.6) is 0 Å². The molecule has 21 heavy (non-hydrogen) atoms. The van der Waals surface area contributed by atoms with Crippen LogP contribution in [-0.2, 0) is 28.4 Å². The molecule has 0 radical (unpaired) electrons. The molecule has 0 bridgehead atoms. The first kappa shape index (κ1) is 17.7. The quantitative estimate of drug-likeness (QED) is 0.422. The number of ether oxygens (including phenoxy) is 2. The first-order chi connectivity index (χ1) is 9.85. The van der Waals surface area contributed by atoms with Crippen LogP contribution in [0, 0.1) is 0 Å². The topological polar surface area (TPSA) is 71.1 Å². The molecule has 0 aliphatic carbocycles. The third-order valence-electron chi connectivity index (χ3n) is 2.60. The van der Waals surface area contributed by atoms with Crippen molar-refractivity contribution >= 4 is 19.1 Å². The predicted octanol–water partition coefficient (Wildman–Crippen LogP) is 1.74. The van der Waals surface area contributed by atoms with Crippen LogP contribution in [0.2, 0.25) is 6.32 Å². The molecule has 1 aliphatic heterocycles. The Kier molecular flexibility index (Phi) is 6.91. The second-order valence-electron chi connectivity index (χ2n) is 5.32. The summed E-state index contributed by atoms with van der Waals surface area (Å²) in [6.07, 6.45) is 1.37. The van der Waals surface area contributed by atoms with Crippen LogP contribution >= 0.6 is 0 Å². The van der Waals surface area contributed by atoms with Gasteiger partial charge in [0.15, 0.2) is 12.2 Å². The Labute approximate surface area is 125 Å². The molecule has 0 aromatic rings. The van der Waals surface area contributed by atoms with E-state index in [9.17, 15) is 9.59 Å². The maximum absolute atomic E-state index is 12.0. The van der Waals surface area contributed by atoms with Gasteiger partial charge in [-0.25, -0.2) is 9.59 Å². The Morgan fingerprint density at radius 1 is 1.05 bits per heavy atom. The van der Waals surface area contributed by atoms with Gasteiger partial charge in [0.2, 0.25) is 0 Å². The minimum atomic E-state index is -1.09. The minimum absolute atomic E-state index is 0.294. The number of carbonyl (C=O) groups excluding carboxylic acids is 2. The van der Waals surface area contributed by atoms with Gasteiger partial charge in [-0.05, 0) is 34.6 Å². The van der Waals surface area contributed by atoms with Crippen LogP contribution in [0.1, 0.15) is 34.6 Å². The van der Waals surface area contributed by atoms with Crippen molar-refractivity contribution < 1.29 is 28.4 Å². The van der Waals surface area contributed by atoms with Crippen LogP contribution in [0.3, 0.4) is 0 Å². The van der Waals surface area contributed by atoms with Gasteiger partial charge in [-0.3, -0.25) is 0 Å². The monoisotopic (exact) mass is 298 g/mol. The molecule has 0 aromatic heterocycles. The van der Waals surface area contributed by atoms with Gasteiger partial charge >= 0.3 is 19.1 Å². The van der Waals surface area contributed by atoms with Crippen molar-refractivity contribution in [1.29, 1.82) is 0 Å². The fraction of sp³-hybridized carbons (Fsp3) is 0.714. The highest BCUT2D eigenvalue weighted by Crippen LogP contribution is 2.23. The van der Waals surface area contributed by atoms with Gasteiger partial charge in [0.25, 0.3) is 0 Å². The third-order valence-corrected chi connectivity index (χ3v) is 2.60. The summed E-state index contributed by atoms with van der Waals surface area (Å²) in [5, 5.41) is 0. The lowest BCUT2D eigenvalue weighted by molar-refractivity contribution is -0.167. The largest absolute Gasteiger partial charge is 0.462 e. The van der Waals surface area contributed by atoms with Crippen LogP contribution < -0.4 is 0 Å². The fourth-order valence-corrected chi connectivity index (χ4v) is 1.82. The van der Waals surface area contributed by atoms with Crippen LogP contribution in [0.15, 0.2) is 12.2 Å². The highest BCUT2D eigenvalue weighted by molar-refractivity contribution is 6.46. The maximum atomic E-state index is 12.0. The van der Waals surface area contributed by atoms with Crippen LogP contribution in [0.25, 0.3) is 0 Å². The van der Waals surface area contributed by atoms with E-state index in [2.05, 4.69) is 0 Å². The molecule has 0 unspecified atom stereocenters. The lowest BCUT2D eigenvalue weighted by Crippen LogP contribution is -2.40. The summed E-state index contributed by atoms with van der Waals surface area (Å²) in [5.74, 6) is -1.22. The Hall–Kier alpha value is -1.34. The zero-order valence-corrected chi connectivity index (χ0v) is 13.2. The molecule has 0 spiro atoms. The average Bonchev–Trinajstić information content (AvgIpc) is 2.79. The summed E-state index contributed by atoms with van der Waals surface area (Å²) in [6, 6.07) is 0. The van der Waals surface area contributed by atoms with Crippen molar-refractivity contribution in [3.63, 3.8) is 0 Å². The molecule has 1 saturated heterocycles. The van der Waals surface area contributed by atoms with Gasteiger partial charge in [0, 0.05) is 6.32 Å². The Morgan fingerprint density at radius 2 is 1.48 bits per heavy atom. The van der Waals surface area contributed by atoms with Crippen LogP contribution in [0.4, 0.5) is 0 Å². The van der Waals surface area contributed by atoms with Gasteiger partial charge in [0.1, 0.15) is 0 Å². The van der Waals surface area contributed by atoms with Gasteiger partial charge in [-0.2, -0.15) is 0 Å². The Balaban J connectivity index is 2.78. The maximum Gasteiger partial charge on any atom is 0.462 e. The summed E-state index contributed by atoms with van der Waals surface area (Å²) in [6.45, 7) is 8.78. The van der Waals surface area contributed by atoms with Gasteiger partial charge in [0.05, 0.1) is 12.2 Å². The lowest BCUT2D eigenvalue weighted by Gasteiger charge is -2.18. The SMILES string of the molecule is CC=CCB1O[C@H](C(=O)OC(C)C)[C@@H](C(=O)OC(C)C)O1. The molecule has 6 nitrogen and oxygen atoms in total. The van der Waals surface area contributed by atoms with Gasteiger partial charge in [-0.1, -0.05) is 12.2 Å². The Bertz CT molecular complexity index is 363. The summed E-state index contributed by atoms with van der Waals surface area (Å²) in [5.41, 5.74) is 0. The van der Waals surface area contributed by atoms with E-state index in [-0.39, 0.29) is 12.2 Å². The van der Waals surface area contributed by atoms with Crippen molar-refractivity contribution in [3.05, 3.63) is 12.2 Å². The number of hydrogen-bond donors (Lipinski definition) is 0. The summed E-state index contributed by atoms with van der Waals surface area (Å²) in [4.78, 5) is 24.0. The molecule has 2 atom stereocenters. The van der Waals surface area contributed by atoms with E-state index in [1.54, 1.807) is 27.7 Å². The standard InChI is InChI=1S/C14H23BO6/c1-6-7-8-15-20-11(13(16)18-9(2)3)12(21-15)14(17)19-10(4)5/h6-7,9-12H,8H2,1-5H3/t11-,12-/m0/s1. The number of carbonyl (C=O) groups is 2. The summed E-state index contributed by atoms with van der Waals surface area (Å²) >= 11 is 0. The van der Waals surface area contributed by atoms with E-state index in [1.807, 2.05) is 19.1 Å². The lowest BCUT2D eigenvalue weighted by atomic mass is 9.85. The molecule has 0 N–H and O–H groups in total. The Morgan fingerprint density at radius 3 is 1.81 bits per heavy atom. The molecule has 118 valence electrons. The van der Waals surface area contributed by atoms with Crippen molar-refractivity contribution in [2.45, 2.75) is 65.4 Å². The first-order valence-electron chi connectivity index (χ1n) is 7.18. The first-order valence-corrected chi connectivity index (χ1v) is 7.18. The third kappa shape index (κ3) is 5.51. The van der Waals surface area contributed by atoms with E-state index >= 15 is 0 Å². The van der Waals surface area contributed by atoms with Gasteiger partial charge < -0.3 is 18.8 Å². The van der Waals surface area contributed by atoms with E-state index in [0.29, 0.717) is 6.32 Å². The normalized spacial score (nSPS) is 22.3. The average molecular weight is 298 g/mol. The second kappa shape index (κ2) is 8.19. The summed E-state index contributed by atoms with van der Waals surface area (Å²) in [7, 11) is -0.657. The van der Waals surface area contributed by atoms with Crippen molar-refractivity contribution in [2.75, 3.05) is 0 Å². The predicted molar refractivity (Wildman–Crippen MR) is 77.6 cm³/mol. The highest BCUT2D eigenvalue weighted by atomic mass is 16.7. The minimum Gasteiger partial charge on any atom is -0.461 e. The molecule has 0 aromatic carbocycles. The smallest absolute Gasteiger partial charge is 0.461 e. The number of allylic oxidation sites excluding steroid dienone is 2. The second-order valence-corrected chi connectivity index (χ2v) is 5.32. The van der Waals surface area contributed by atoms with Crippen LogP contribution in [-0.4, -0.2) is 43.5 Å². The van der Waals surface area contributed by atoms with E-state index in [4.69, 9.17) is 18.8 Å². The summed E-state index contributed by atoms with van der Waals surface area (Å²) < 4.78 is 21.2. The highest BCUT2D eigenvalue weighted by Gasteiger charge is 2.48. The molecule has 0 amide bonds. The molecule has 1 fully saturated rings. The molecular formula is C14H23BO6. The number of hydrogen-bond acceptors (Lipinski definition) is 6. The zero-order chi connectivity index (χ0) is 16.0. The number of esters is 2. The number of rotatable bonds is 6. The molecule has 0 saturated carbocycles. The van der Waals surface area contributed by atoms with Crippen molar-refractivity contribution in [3.8, 4) is 0 Å². The van der Waals surface area contributed by atoms with Crippen molar-refractivity contribution in [1.82, 2.24) is 0 Å². The zero-order valence-electron chi connectivity index (χ0n) is 13.2. The fourth-order valence-electron chi connectivity index (χ4n) is 1.82. The van der Waals surface area contributed by atoms with Crippen molar-refractivity contribution in [2.24, 2.45) is 0 Å².